The van der Waals surface area contributed by atoms with Gasteiger partial charge in [0.1, 0.15) is 12.2 Å². The van der Waals surface area contributed by atoms with Gasteiger partial charge in [0.2, 0.25) is 11.8 Å². The molecule has 11 heteroatoms. The second kappa shape index (κ2) is 14.4. The number of fused-ring (bicyclic) bond motifs is 2. The average molecular weight is 688 g/mol. The summed E-state index contributed by atoms with van der Waals surface area (Å²) in [5.74, 6) is -0.274. The van der Waals surface area contributed by atoms with Gasteiger partial charge >= 0.3 is 6.03 Å². The van der Waals surface area contributed by atoms with E-state index in [1.807, 2.05) is 90.4 Å². The Labute approximate surface area is 291 Å². The molecule has 4 aromatic carbocycles. The number of anilines is 1. The number of carbonyl (C=O) groups excluding carboxylic acids is 3. The lowest BCUT2D eigenvalue weighted by atomic mass is 9.98. The minimum absolute atomic E-state index is 0.00366. The van der Waals surface area contributed by atoms with Crippen LogP contribution in [0.25, 0.3) is 10.8 Å². The van der Waals surface area contributed by atoms with Crippen LogP contribution < -0.4 is 10.2 Å². The number of rotatable bonds is 10. The molecule has 0 radical (unpaired) electrons. The largest absolute Gasteiger partial charge is 0.378 e. The predicted molar refractivity (Wildman–Crippen MR) is 191 cm³/mol. The van der Waals surface area contributed by atoms with Gasteiger partial charge in [0.25, 0.3) is 0 Å². The van der Waals surface area contributed by atoms with Crippen molar-refractivity contribution in [3.8, 4) is 0 Å². The molecule has 6 rings (SSSR count). The standard InChI is InChI=1S/C37H40Cl2N6O3/c1-4-18-43(37(48)40-21-26-14-17-31(38)32(39)19-26)44-24-35(46)45-33(20-25-12-15-29(16-13-25)41(2)3)36(47)42(23-34(44)45)22-28-10-7-9-27-8-5-6-11-30(27)28/h5-17,19,33-34H,4,18,20-24H2,1-3H3,(H,40,48)/t33-,34+/m0/s1. The smallest absolute Gasteiger partial charge is 0.332 e. The lowest BCUT2D eigenvalue weighted by Gasteiger charge is -2.46. The first-order valence-electron chi connectivity index (χ1n) is 16.2. The maximum Gasteiger partial charge on any atom is 0.332 e. The van der Waals surface area contributed by atoms with Crippen LogP contribution in [0.5, 0.6) is 0 Å². The monoisotopic (exact) mass is 686 g/mol. The molecule has 0 unspecified atom stereocenters. The first kappa shape index (κ1) is 33.6. The molecule has 0 saturated carbocycles. The molecule has 0 aliphatic carbocycles. The van der Waals surface area contributed by atoms with Crippen molar-refractivity contribution >= 4 is 57.5 Å². The number of carbonyl (C=O) groups is 3. The van der Waals surface area contributed by atoms with E-state index >= 15 is 0 Å². The molecule has 2 saturated heterocycles. The van der Waals surface area contributed by atoms with Crippen LogP contribution in [0, 0.1) is 0 Å². The van der Waals surface area contributed by atoms with Gasteiger partial charge in [-0.05, 0) is 58.1 Å². The highest BCUT2D eigenvalue weighted by atomic mass is 35.5. The average Bonchev–Trinajstić information content (AvgIpc) is 3.41. The Hall–Kier alpha value is -4.31. The van der Waals surface area contributed by atoms with Crippen molar-refractivity contribution in [1.29, 1.82) is 0 Å². The van der Waals surface area contributed by atoms with Gasteiger partial charge in [0.05, 0.1) is 23.1 Å². The Morgan fingerprint density at radius 1 is 0.917 bits per heavy atom. The number of urea groups is 1. The molecule has 4 aromatic rings. The zero-order valence-corrected chi connectivity index (χ0v) is 28.9. The summed E-state index contributed by atoms with van der Waals surface area (Å²) >= 11 is 12.3. The van der Waals surface area contributed by atoms with Gasteiger partial charge in [0, 0.05) is 45.8 Å². The van der Waals surface area contributed by atoms with Gasteiger partial charge in [-0.1, -0.05) is 90.8 Å². The Morgan fingerprint density at radius 3 is 2.38 bits per heavy atom. The highest BCUT2D eigenvalue weighted by molar-refractivity contribution is 6.42. The molecule has 0 spiro atoms. The summed E-state index contributed by atoms with van der Waals surface area (Å²) in [6.07, 6.45) is 0.530. The van der Waals surface area contributed by atoms with Gasteiger partial charge in [-0.3, -0.25) is 14.6 Å². The zero-order valence-electron chi connectivity index (χ0n) is 27.4. The third kappa shape index (κ3) is 6.95. The summed E-state index contributed by atoms with van der Waals surface area (Å²) in [5.41, 5.74) is 3.85. The number of benzene rings is 4. The number of piperazine rings is 1. The molecule has 9 nitrogen and oxygen atoms in total. The van der Waals surface area contributed by atoms with Gasteiger partial charge in [-0.25, -0.2) is 4.79 Å². The number of halogens is 2. The maximum absolute atomic E-state index is 14.4. The van der Waals surface area contributed by atoms with E-state index in [0.29, 0.717) is 36.0 Å². The van der Waals surface area contributed by atoms with Crippen molar-refractivity contribution in [3.05, 3.63) is 112 Å². The SMILES string of the molecule is CCCN(C(=O)NCc1ccc(Cl)c(Cl)c1)N1CC(=O)N2[C@@H](Cc3ccc(N(C)C)cc3)C(=O)N(Cc3cccc4ccccc34)C[C@@H]21. The maximum atomic E-state index is 14.4. The van der Waals surface area contributed by atoms with Crippen LogP contribution >= 0.6 is 23.2 Å². The fourth-order valence-corrected chi connectivity index (χ4v) is 6.98. The molecule has 4 amide bonds. The Kier molecular flexibility index (Phi) is 10.1. The first-order chi connectivity index (χ1) is 23.1. The summed E-state index contributed by atoms with van der Waals surface area (Å²) in [4.78, 5) is 47.6. The van der Waals surface area contributed by atoms with Crippen molar-refractivity contribution in [2.75, 3.05) is 38.6 Å². The normalized spacial score (nSPS) is 17.9. The quantitative estimate of drug-likeness (QED) is 0.216. The lowest BCUT2D eigenvalue weighted by Crippen LogP contribution is -2.66. The molecular weight excluding hydrogens is 647 g/mol. The molecule has 2 fully saturated rings. The van der Waals surface area contributed by atoms with Crippen LogP contribution in [0.15, 0.2) is 84.9 Å². The Morgan fingerprint density at radius 2 is 1.65 bits per heavy atom. The highest BCUT2D eigenvalue weighted by Crippen LogP contribution is 2.32. The number of hydrazine groups is 1. The molecule has 2 heterocycles. The fraction of sp³-hybridized carbons (Fsp3) is 0.324. The number of hydrogen-bond donors (Lipinski definition) is 1. The van der Waals surface area contributed by atoms with E-state index in [9.17, 15) is 14.4 Å². The molecule has 48 heavy (non-hydrogen) atoms. The third-order valence-electron chi connectivity index (χ3n) is 9.10. The second-order valence-corrected chi connectivity index (χ2v) is 13.4. The summed E-state index contributed by atoms with van der Waals surface area (Å²) in [5, 5.41) is 9.49. The molecule has 2 aliphatic rings. The van der Waals surface area contributed by atoms with E-state index in [0.717, 1.165) is 33.2 Å². The van der Waals surface area contributed by atoms with Crippen LogP contribution in [-0.4, -0.2) is 83.6 Å². The molecule has 2 aliphatic heterocycles. The summed E-state index contributed by atoms with van der Waals surface area (Å²) < 4.78 is 0. The van der Waals surface area contributed by atoms with Gasteiger partial charge in [-0.2, -0.15) is 5.01 Å². The minimum Gasteiger partial charge on any atom is -0.378 e. The van der Waals surface area contributed by atoms with Crippen LogP contribution in [0.1, 0.15) is 30.0 Å². The molecule has 2 atom stereocenters. The number of nitrogens with one attached hydrogen (secondary N) is 1. The zero-order chi connectivity index (χ0) is 33.9. The van der Waals surface area contributed by atoms with E-state index in [2.05, 4.69) is 23.5 Å². The van der Waals surface area contributed by atoms with Crippen LogP contribution in [0.3, 0.4) is 0 Å². The van der Waals surface area contributed by atoms with Crippen molar-refractivity contribution in [1.82, 2.24) is 25.1 Å². The highest BCUT2D eigenvalue weighted by Gasteiger charge is 2.52. The minimum atomic E-state index is -0.718. The van der Waals surface area contributed by atoms with Gasteiger partial charge in [0.15, 0.2) is 0 Å². The number of amides is 4. The van der Waals surface area contributed by atoms with Crippen LogP contribution in [0.2, 0.25) is 10.0 Å². The van der Waals surface area contributed by atoms with Crippen molar-refractivity contribution in [3.63, 3.8) is 0 Å². The molecule has 0 aromatic heterocycles. The van der Waals surface area contributed by atoms with Crippen LogP contribution in [0.4, 0.5) is 10.5 Å². The number of nitrogens with zero attached hydrogens (tertiary/aromatic N) is 5. The van der Waals surface area contributed by atoms with Crippen LogP contribution in [-0.2, 0) is 29.1 Å². The Bertz CT molecular complexity index is 1810. The molecule has 0 bridgehead atoms. The molecule has 250 valence electrons. The summed E-state index contributed by atoms with van der Waals surface area (Å²) in [6, 6.07) is 26.5. The van der Waals surface area contributed by atoms with E-state index in [1.165, 1.54) is 0 Å². The second-order valence-electron chi connectivity index (χ2n) is 12.5. The van der Waals surface area contributed by atoms with Gasteiger partial charge in [-0.15, -0.1) is 0 Å². The fourth-order valence-electron chi connectivity index (χ4n) is 6.66. The van der Waals surface area contributed by atoms with Gasteiger partial charge < -0.3 is 20.0 Å². The Balaban J connectivity index is 1.31. The van der Waals surface area contributed by atoms with E-state index < -0.39 is 12.2 Å². The van der Waals surface area contributed by atoms with Crippen molar-refractivity contribution < 1.29 is 14.4 Å². The summed E-state index contributed by atoms with van der Waals surface area (Å²) in [6.45, 7) is 3.29. The van der Waals surface area contributed by atoms with E-state index in [1.54, 1.807) is 22.0 Å². The van der Waals surface area contributed by atoms with Crippen molar-refractivity contribution in [2.45, 2.75) is 45.1 Å². The van der Waals surface area contributed by atoms with E-state index in [4.69, 9.17) is 23.2 Å². The topological polar surface area (TPSA) is 79.4 Å². The molecule has 1 N–H and O–H groups in total. The lowest BCUT2D eigenvalue weighted by molar-refractivity contribution is -0.157. The predicted octanol–water partition coefficient (Wildman–Crippen LogP) is 6.17. The number of hydrogen-bond acceptors (Lipinski definition) is 5. The van der Waals surface area contributed by atoms with Crippen molar-refractivity contribution in [2.24, 2.45) is 0 Å². The summed E-state index contributed by atoms with van der Waals surface area (Å²) in [7, 11) is 3.96. The molecular formula is C37H40Cl2N6O3. The third-order valence-corrected chi connectivity index (χ3v) is 9.84. The first-order valence-corrected chi connectivity index (χ1v) is 17.0. The van der Waals surface area contributed by atoms with E-state index in [-0.39, 0.29) is 37.5 Å².